The van der Waals surface area contributed by atoms with Gasteiger partial charge < -0.3 is 25.2 Å². The van der Waals surface area contributed by atoms with E-state index in [2.05, 4.69) is 21.1 Å². The molecule has 0 saturated carbocycles. The highest BCUT2D eigenvalue weighted by atomic mass is 16.5. The van der Waals surface area contributed by atoms with E-state index < -0.39 is 30.1 Å². The fraction of sp³-hybridized carbons (Fsp3) is 0.368. The lowest BCUT2D eigenvalue weighted by molar-refractivity contribution is -0.156. The van der Waals surface area contributed by atoms with E-state index in [4.69, 9.17) is 9.26 Å². The quantitative estimate of drug-likeness (QED) is 0.627. The lowest BCUT2D eigenvalue weighted by atomic mass is 10.0. The van der Waals surface area contributed by atoms with Crippen LogP contribution in [-0.4, -0.2) is 35.2 Å². The van der Waals surface area contributed by atoms with Gasteiger partial charge in [0.1, 0.15) is 11.8 Å². The molecule has 2 atom stereocenters. The maximum Gasteiger partial charge on any atom is 0.329 e. The highest BCUT2D eigenvalue weighted by molar-refractivity contribution is 5.96. The fourth-order valence-electron chi connectivity index (χ4n) is 2.28. The summed E-state index contributed by atoms with van der Waals surface area (Å²) in [6.45, 7) is 6.64. The zero-order chi connectivity index (χ0) is 20.7. The summed E-state index contributed by atoms with van der Waals surface area (Å²) in [7, 11) is 0. The molecule has 9 nitrogen and oxygen atoms in total. The van der Waals surface area contributed by atoms with Crippen molar-refractivity contribution in [3.05, 3.63) is 42.2 Å². The standard InChI is InChI=1S/C19H24N4O5/c1-11(2)16(22-19(26)20-14-8-6-5-7-9-14)18(25)27-13(4)17(24)21-15-10-12(3)28-23-15/h5-11,13,16H,1-4H3,(H2,20,22,26)(H,21,23,24)/t13-,16-/m0/s1. The molecule has 28 heavy (non-hydrogen) atoms. The molecule has 0 bridgehead atoms. The fourth-order valence-corrected chi connectivity index (χ4v) is 2.28. The van der Waals surface area contributed by atoms with Gasteiger partial charge in [0, 0.05) is 11.8 Å². The Balaban J connectivity index is 1.92. The summed E-state index contributed by atoms with van der Waals surface area (Å²) in [5, 5.41) is 11.4. The molecule has 0 unspecified atom stereocenters. The topological polar surface area (TPSA) is 123 Å². The zero-order valence-corrected chi connectivity index (χ0v) is 16.2. The molecule has 1 heterocycles. The summed E-state index contributed by atoms with van der Waals surface area (Å²) < 4.78 is 10.1. The molecule has 1 aromatic heterocycles. The number of nitrogens with one attached hydrogen (secondary N) is 3. The molecule has 0 radical (unpaired) electrons. The SMILES string of the molecule is Cc1cc(NC(=O)[C@H](C)OC(=O)[C@@H](NC(=O)Nc2ccccc2)C(C)C)no1. The van der Waals surface area contributed by atoms with Gasteiger partial charge in [0.2, 0.25) is 0 Å². The van der Waals surface area contributed by atoms with Crippen molar-refractivity contribution in [2.24, 2.45) is 5.92 Å². The number of carbonyl (C=O) groups is 3. The van der Waals surface area contributed by atoms with E-state index in [1.165, 1.54) is 6.92 Å². The number of para-hydroxylation sites is 1. The first-order valence-corrected chi connectivity index (χ1v) is 8.83. The van der Waals surface area contributed by atoms with Crippen LogP contribution in [0.3, 0.4) is 0 Å². The van der Waals surface area contributed by atoms with Crippen LogP contribution in [0.1, 0.15) is 26.5 Å². The maximum atomic E-state index is 12.5. The lowest BCUT2D eigenvalue weighted by Gasteiger charge is -2.23. The molecular weight excluding hydrogens is 364 g/mol. The first kappa shape index (κ1) is 20.9. The van der Waals surface area contributed by atoms with Crippen LogP contribution >= 0.6 is 0 Å². The molecule has 0 aliphatic carbocycles. The van der Waals surface area contributed by atoms with Crippen molar-refractivity contribution in [2.75, 3.05) is 10.6 Å². The third-order valence-electron chi connectivity index (χ3n) is 3.78. The summed E-state index contributed by atoms with van der Waals surface area (Å²) >= 11 is 0. The van der Waals surface area contributed by atoms with Gasteiger partial charge in [-0.1, -0.05) is 37.2 Å². The molecule has 2 rings (SSSR count). The number of hydrogen-bond acceptors (Lipinski definition) is 6. The number of esters is 1. The van der Waals surface area contributed by atoms with Gasteiger partial charge in [-0.25, -0.2) is 9.59 Å². The molecule has 0 aliphatic heterocycles. The summed E-state index contributed by atoms with van der Waals surface area (Å²) in [4.78, 5) is 36.8. The van der Waals surface area contributed by atoms with E-state index in [-0.39, 0.29) is 11.7 Å². The minimum Gasteiger partial charge on any atom is -0.451 e. The molecule has 0 aliphatic rings. The van der Waals surface area contributed by atoms with Crippen molar-refractivity contribution < 1.29 is 23.6 Å². The number of urea groups is 1. The van der Waals surface area contributed by atoms with Crippen molar-refractivity contribution in [3.63, 3.8) is 0 Å². The number of rotatable bonds is 7. The predicted molar refractivity (Wildman–Crippen MR) is 103 cm³/mol. The number of aromatic nitrogens is 1. The largest absolute Gasteiger partial charge is 0.451 e. The third-order valence-corrected chi connectivity index (χ3v) is 3.78. The Morgan fingerprint density at radius 3 is 2.32 bits per heavy atom. The van der Waals surface area contributed by atoms with E-state index in [0.29, 0.717) is 11.4 Å². The molecule has 0 spiro atoms. The van der Waals surface area contributed by atoms with Crippen LogP contribution in [0.15, 0.2) is 40.9 Å². The van der Waals surface area contributed by atoms with Crippen LogP contribution < -0.4 is 16.0 Å². The highest BCUT2D eigenvalue weighted by Crippen LogP contribution is 2.11. The molecule has 1 aromatic carbocycles. The van der Waals surface area contributed by atoms with Gasteiger partial charge in [-0.2, -0.15) is 0 Å². The number of nitrogens with zero attached hydrogens (tertiary/aromatic N) is 1. The Bertz CT molecular complexity index is 819. The van der Waals surface area contributed by atoms with Gasteiger partial charge in [0.25, 0.3) is 5.91 Å². The zero-order valence-electron chi connectivity index (χ0n) is 16.2. The van der Waals surface area contributed by atoms with Gasteiger partial charge in [0.15, 0.2) is 11.9 Å². The minimum absolute atomic E-state index is 0.228. The lowest BCUT2D eigenvalue weighted by Crippen LogP contribution is -2.48. The van der Waals surface area contributed by atoms with Crippen LogP contribution in [0.2, 0.25) is 0 Å². The molecule has 3 N–H and O–H groups in total. The van der Waals surface area contributed by atoms with Crippen molar-refractivity contribution in [1.29, 1.82) is 0 Å². The Labute approximate surface area is 162 Å². The first-order valence-electron chi connectivity index (χ1n) is 8.83. The molecular formula is C19H24N4O5. The molecule has 150 valence electrons. The van der Waals surface area contributed by atoms with Crippen LogP contribution in [0.4, 0.5) is 16.3 Å². The Morgan fingerprint density at radius 2 is 1.75 bits per heavy atom. The average Bonchev–Trinajstić information content (AvgIpc) is 3.04. The average molecular weight is 388 g/mol. The summed E-state index contributed by atoms with van der Waals surface area (Å²) in [6.07, 6.45) is -1.08. The molecule has 9 heteroatoms. The molecule has 3 amide bonds. The van der Waals surface area contributed by atoms with Crippen LogP contribution in [0.5, 0.6) is 0 Å². The predicted octanol–water partition coefficient (Wildman–Crippen LogP) is 2.70. The van der Waals surface area contributed by atoms with Gasteiger partial charge in [-0.05, 0) is 31.9 Å². The number of aryl methyl sites for hydroxylation is 1. The van der Waals surface area contributed by atoms with Gasteiger partial charge in [0.05, 0.1) is 0 Å². The number of amides is 3. The van der Waals surface area contributed by atoms with Crippen molar-refractivity contribution in [3.8, 4) is 0 Å². The molecule has 0 saturated heterocycles. The van der Waals surface area contributed by atoms with Gasteiger partial charge in [-0.3, -0.25) is 4.79 Å². The van der Waals surface area contributed by atoms with Crippen LogP contribution in [-0.2, 0) is 14.3 Å². The molecule has 2 aromatic rings. The summed E-state index contributed by atoms with van der Waals surface area (Å²) in [5.74, 6) is -0.753. The normalized spacial score (nSPS) is 12.8. The second-order valence-corrected chi connectivity index (χ2v) is 6.58. The number of ether oxygens (including phenoxy) is 1. The second-order valence-electron chi connectivity index (χ2n) is 6.58. The number of hydrogen-bond donors (Lipinski definition) is 3. The van der Waals surface area contributed by atoms with Crippen molar-refractivity contribution >= 4 is 29.4 Å². The first-order chi connectivity index (χ1) is 13.3. The van der Waals surface area contributed by atoms with E-state index in [0.717, 1.165) is 0 Å². The second kappa shape index (κ2) is 9.54. The molecule has 0 fully saturated rings. The van der Waals surface area contributed by atoms with E-state index in [1.54, 1.807) is 51.1 Å². The van der Waals surface area contributed by atoms with E-state index in [9.17, 15) is 14.4 Å². The number of anilines is 2. The van der Waals surface area contributed by atoms with E-state index >= 15 is 0 Å². The van der Waals surface area contributed by atoms with Crippen LogP contribution in [0, 0.1) is 12.8 Å². The van der Waals surface area contributed by atoms with Gasteiger partial charge in [-0.15, -0.1) is 0 Å². The Morgan fingerprint density at radius 1 is 1.07 bits per heavy atom. The summed E-state index contributed by atoms with van der Waals surface area (Å²) in [5.41, 5.74) is 0.589. The van der Waals surface area contributed by atoms with E-state index in [1.807, 2.05) is 6.07 Å². The minimum atomic E-state index is -1.08. The van der Waals surface area contributed by atoms with Gasteiger partial charge >= 0.3 is 12.0 Å². The van der Waals surface area contributed by atoms with Crippen LogP contribution in [0.25, 0.3) is 0 Å². The monoisotopic (exact) mass is 388 g/mol. The smallest absolute Gasteiger partial charge is 0.329 e. The van der Waals surface area contributed by atoms with Crippen molar-refractivity contribution in [2.45, 2.75) is 39.8 Å². The Hall–Kier alpha value is -3.36. The van der Waals surface area contributed by atoms with Crippen molar-refractivity contribution in [1.82, 2.24) is 10.5 Å². The number of benzene rings is 1. The third kappa shape index (κ3) is 6.11. The number of carbonyl (C=O) groups excluding carboxylic acids is 3. The summed E-state index contributed by atoms with van der Waals surface area (Å²) in [6, 6.07) is 8.90. The highest BCUT2D eigenvalue weighted by Gasteiger charge is 2.29. The maximum absolute atomic E-state index is 12.5. The Kier molecular flexibility index (Phi) is 7.14.